The lowest BCUT2D eigenvalue weighted by atomic mass is 10.1. The monoisotopic (exact) mass is 416 g/mol. The molecule has 0 spiro atoms. The second-order valence-electron chi connectivity index (χ2n) is 7.81. The minimum Gasteiger partial charge on any atom is -0.346 e. The predicted molar refractivity (Wildman–Crippen MR) is 114 cm³/mol. The fourth-order valence-corrected chi connectivity index (χ4v) is 5.14. The highest BCUT2D eigenvalue weighted by Gasteiger charge is 2.27. The number of amides is 1. The molecule has 0 unspecified atom stereocenters. The van der Waals surface area contributed by atoms with Crippen molar-refractivity contribution in [3.05, 3.63) is 65.7 Å². The molecular weight excluding hydrogens is 386 g/mol. The molecule has 1 fully saturated rings. The number of rotatable bonds is 8. The van der Waals surface area contributed by atoms with Gasteiger partial charge in [-0.1, -0.05) is 36.4 Å². The first-order valence-corrected chi connectivity index (χ1v) is 11.5. The topological polar surface area (TPSA) is 70.9 Å². The summed E-state index contributed by atoms with van der Waals surface area (Å²) < 4.78 is 27.0. The van der Waals surface area contributed by atoms with Gasteiger partial charge in [0.1, 0.15) is 6.04 Å². The van der Waals surface area contributed by atoms with Crippen LogP contribution >= 0.6 is 0 Å². The zero-order valence-corrected chi connectivity index (χ0v) is 17.9. The molecule has 0 bridgehead atoms. The van der Waals surface area contributed by atoms with Crippen molar-refractivity contribution in [2.45, 2.75) is 30.2 Å². The van der Waals surface area contributed by atoms with Gasteiger partial charge in [-0.25, -0.2) is 8.42 Å². The molecule has 6 nitrogen and oxygen atoms in total. The number of likely N-dealkylation sites (N-methyl/N-ethyl adjacent to an activating group) is 1. The van der Waals surface area contributed by atoms with E-state index in [9.17, 15) is 13.2 Å². The highest BCUT2D eigenvalue weighted by molar-refractivity contribution is 7.89. The number of carbonyl (C=O) groups is 1. The molecule has 1 aliphatic rings. The zero-order chi connectivity index (χ0) is 20.9. The van der Waals surface area contributed by atoms with E-state index in [1.165, 1.54) is 20.8 Å². The van der Waals surface area contributed by atoms with E-state index >= 15 is 0 Å². The Kier molecular flexibility index (Phi) is 7.05. The normalized spacial score (nSPS) is 16.1. The van der Waals surface area contributed by atoms with Gasteiger partial charge in [0.05, 0.1) is 25.5 Å². The minimum atomic E-state index is -3.53. The van der Waals surface area contributed by atoms with E-state index in [0.717, 1.165) is 19.3 Å². The van der Waals surface area contributed by atoms with Gasteiger partial charge in [-0.2, -0.15) is 4.31 Å². The lowest BCUT2D eigenvalue weighted by Crippen LogP contribution is -3.11. The van der Waals surface area contributed by atoms with Crippen molar-refractivity contribution in [3.63, 3.8) is 0 Å². The fourth-order valence-electron chi connectivity index (χ4n) is 3.57. The Morgan fingerprint density at radius 2 is 1.76 bits per heavy atom. The van der Waals surface area contributed by atoms with E-state index in [2.05, 4.69) is 31.5 Å². The molecule has 7 heteroatoms. The summed E-state index contributed by atoms with van der Waals surface area (Å²) in [5.74, 6) is -0.247. The number of nitrogens with one attached hydrogen (secondary N) is 2. The Bertz CT molecular complexity index is 923. The Hall–Kier alpha value is -2.22. The van der Waals surface area contributed by atoms with Gasteiger partial charge in [0, 0.05) is 25.1 Å². The van der Waals surface area contributed by atoms with E-state index in [4.69, 9.17) is 0 Å². The molecule has 2 N–H and O–H groups in total. The highest BCUT2D eigenvalue weighted by Crippen LogP contribution is 2.21. The molecule has 1 saturated heterocycles. The Balaban J connectivity index is 1.67. The maximum absolute atomic E-state index is 12.8. The summed E-state index contributed by atoms with van der Waals surface area (Å²) in [4.78, 5) is 14.1. The quantitative estimate of drug-likeness (QED) is 0.673. The van der Waals surface area contributed by atoms with Crippen LogP contribution < -0.4 is 10.2 Å². The van der Waals surface area contributed by atoms with Gasteiger partial charge in [0.25, 0.3) is 5.91 Å². The van der Waals surface area contributed by atoms with Crippen LogP contribution in [0, 0.1) is 0 Å². The molecule has 2 aromatic carbocycles. The number of nitrogens with zero attached hydrogens (tertiary/aromatic N) is 1. The second-order valence-corrected chi connectivity index (χ2v) is 9.75. The van der Waals surface area contributed by atoms with Gasteiger partial charge >= 0.3 is 0 Å². The third-order valence-electron chi connectivity index (χ3n) is 5.45. The SMILES string of the molecule is C[NH+](C)[C@@H](CNC(=O)c1cccc(S(=O)(=O)N2CCCC2)c1)Cc1ccccc1. The van der Waals surface area contributed by atoms with E-state index in [1.54, 1.807) is 18.2 Å². The predicted octanol–water partition coefficient (Wildman–Crippen LogP) is 0.957. The number of hydrogen-bond donors (Lipinski definition) is 2. The van der Waals surface area contributed by atoms with Gasteiger partial charge in [-0.05, 0) is 36.6 Å². The molecular formula is C22H30N3O3S+. The second kappa shape index (κ2) is 9.52. The lowest BCUT2D eigenvalue weighted by molar-refractivity contribution is -0.884. The Morgan fingerprint density at radius 1 is 1.07 bits per heavy atom. The Labute approximate surface area is 173 Å². The third-order valence-corrected chi connectivity index (χ3v) is 7.34. The van der Waals surface area contributed by atoms with Crippen molar-refractivity contribution in [1.82, 2.24) is 9.62 Å². The van der Waals surface area contributed by atoms with Gasteiger partial charge in [0.2, 0.25) is 10.0 Å². The molecule has 1 atom stereocenters. The molecule has 29 heavy (non-hydrogen) atoms. The van der Waals surface area contributed by atoms with Crippen LogP contribution in [0.1, 0.15) is 28.8 Å². The zero-order valence-electron chi connectivity index (χ0n) is 17.1. The maximum Gasteiger partial charge on any atom is 0.251 e. The van der Waals surface area contributed by atoms with Crippen LogP contribution in [0.25, 0.3) is 0 Å². The van der Waals surface area contributed by atoms with Crippen LogP contribution in [0.3, 0.4) is 0 Å². The van der Waals surface area contributed by atoms with Crippen molar-refractivity contribution in [2.75, 3.05) is 33.7 Å². The molecule has 0 aliphatic carbocycles. The molecule has 3 rings (SSSR count). The summed E-state index contributed by atoms with van der Waals surface area (Å²) in [6.07, 6.45) is 2.62. The smallest absolute Gasteiger partial charge is 0.251 e. The van der Waals surface area contributed by atoms with Crippen LogP contribution in [0.5, 0.6) is 0 Å². The average molecular weight is 417 g/mol. The molecule has 1 amide bonds. The number of sulfonamides is 1. The minimum absolute atomic E-state index is 0.186. The van der Waals surface area contributed by atoms with Crippen LogP contribution in [-0.4, -0.2) is 58.4 Å². The van der Waals surface area contributed by atoms with Crippen LogP contribution in [0.4, 0.5) is 0 Å². The molecule has 156 valence electrons. The standard InChI is InChI=1S/C22H29N3O3S/c1-24(2)20(15-18-9-4-3-5-10-18)17-23-22(26)19-11-8-12-21(16-19)29(27,28)25-13-6-7-14-25/h3-5,8-12,16,20H,6-7,13-15,17H2,1-2H3,(H,23,26)/p+1/t20-/m1/s1. The van der Waals surface area contributed by atoms with E-state index in [0.29, 0.717) is 25.2 Å². The van der Waals surface area contributed by atoms with Crippen molar-refractivity contribution >= 4 is 15.9 Å². The summed E-state index contributed by atoms with van der Waals surface area (Å²) in [6.45, 7) is 1.61. The summed E-state index contributed by atoms with van der Waals surface area (Å²) in [6, 6.07) is 16.8. The first-order valence-electron chi connectivity index (χ1n) is 10.1. The van der Waals surface area contributed by atoms with Gasteiger partial charge < -0.3 is 10.2 Å². The summed E-state index contributed by atoms with van der Waals surface area (Å²) in [5.41, 5.74) is 1.60. The molecule has 2 aromatic rings. The molecule has 0 radical (unpaired) electrons. The van der Waals surface area contributed by atoms with Crippen molar-refractivity contribution in [1.29, 1.82) is 0 Å². The Morgan fingerprint density at radius 3 is 2.41 bits per heavy atom. The first-order chi connectivity index (χ1) is 13.9. The fraction of sp³-hybridized carbons (Fsp3) is 0.409. The van der Waals surface area contributed by atoms with E-state index in [-0.39, 0.29) is 16.8 Å². The molecule has 1 heterocycles. The highest BCUT2D eigenvalue weighted by atomic mass is 32.2. The van der Waals surface area contributed by atoms with E-state index in [1.807, 2.05) is 18.2 Å². The van der Waals surface area contributed by atoms with Crippen molar-refractivity contribution < 1.29 is 18.1 Å². The molecule has 1 aliphatic heterocycles. The molecule has 0 aromatic heterocycles. The van der Waals surface area contributed by atoms with Crippen molar-refractivity contribution in [2.24, 2.45) is 0 Å². The number of quaternary nitrogens is 1. The summed E-state index contributed by atoms with van der Waals surface area (Å²) in [7, 11) is 0.614. The van der Waals surface area contributed by atoms with Crippen LogP contribution in [0.15, 0.2) is 59.5 Å². The largest absolute Gasteiger partial charge is 0.346 e. The average Bonchev–Trinajstić information content (AvgIpc) is 3.27. The summed E-state index contributed by atoms with van der Waals surface area (Å²) >= 11 is 0. The van der Waals surface area contributed by atoms with Gasteiger partial charge in [0.15, 0.2) is 0 Å². The van der Waals surface area contributed by atoms with E-state index < -0.39 is 10.0 Å². The van der Waals surface area contributed by atoms with Gasteiger partial charge in [-0.3, -0.25) is 4.79 Å². The van der Waals surface area contributed by atoms with Crippen molar-refractivity contribution in [3.8, 4) is 0 Å². The van der Waals surface area contributed by atoms with Crippen LogP contribution in [-0.2, 0) is 16.4 Å². The maximum atomic E-state index is 12.8. The number of carbonyl (C=O) groups excluding carboxylic acids is 1. The summed E-state index contributed by atoms with van der Waals surface area (Å²) in [5, 5.41) is 2.98. The lowest BCUT2D eigenvalue weighted by Gasteiger charge is -2.22. The van der Waals surface area contributed by atoms with Gasteiger partial charge in [-0.15, -0.1) is 0 Å². The van der Waals surface area contributed by atoms with Crippen LogP contribution in [0.2, 0.25) is 0 Å². The number of benzene rings is 2. The first kappa shape index (κ1) is 21.5. The number of hydrogen-bond acceptors (Lipinski definition) is 3. The molecule has 0 saturated carbocycles. The third kappa shape index (κ3) is 5.44.